The van der Waals surface area contributed by atoms with Crippen molar-refractivity contribution in [1.29, 1.82) is 0 Å². The number of fused-ring (bicyclic) bond motifs is 3. The van der Waals surface area contributed by atoms with Crippen LogP contribution in [0.4, 0.5) is 0 Å². The number of amides is 2. The summed E-state index contributed by atoms with van der Waals surface area (Å²) in [5.41, 5.74) is 2.28. The molecule has 2 heterocycles. The van der Waals surface area contributed by atoms with Gasteiger partial charge in [-0.15, -0.1) is 0 Å². The van der Waals surface area contributed by atoms with Gasteiger partial charge in [0.15, 0.2) is 6.04 Å². The highest BCUT2D eigenvalue weighted by Gasteiger charge is 2.41. The molecule has 1 aromatic heterocycles. The van der Waals surface area contributed by atoms with E-state index in [1.165, 1.54) is 0 Å². The number of rotatable bonds is 5. The van der Waals surface area contributed by atoms with E-state index in [1.54, 1.807) is 4.90 Å². The number of aromatic nitrogens is 2. The zero-order valence-corrected chi connectivity index (χ0v) is 19.6. The van der Waals surface area contributed by atoms with Gasteiger partial charge in [0.05, 0.1) is 11.0 Å². The van der Waals surface area contributed by atoms with Crippen molar-refractivity contribution in [3.8, 4) is 0 Å². The van der Waals surface area contributed by atoms with Gasteiger partial charge in [0, 0.05) is 12.1 Å². The molecule has 1 aliphatic rings. The fraction of sp³-hybridized carbons (Fsp3) is 0.423. The molecular formula is C26H32N4O2. The molecule has 3 aromatic rings. The van der Waals surface area contributed by atoms with Crippen molar-refractivity contribution in [3.63, 3.8) is 0 Å². The first-order valence-electron chi connectivity index (χ1n) is 11.1. The summed E-state index contributed by atoms with van der Waals surface area (Å²) >= 11 is 0. The quantitative estimate of drug-likeness (QED) is 0.648. The lowest BCUT2D eigenvalue weighted by atomic mass is 9.81. The van der Waals surface area contributed by atoms with E-state index < -0.39 is 11.6 Å². The highest BCUT2D eigenvalue weighted by atomic mass is 16.2. The van der Waals surface area contributed by atoms with Crippen LogP contribution >= 0.6 is 0 Å². The zero-order chi connectivity index (χ0) is 23.1. The van der Waals surface area contributed by atoms with Crippen LogP contribution in [0.15, 0.2) is 54.6 Å². The minimum absolute atomic E-state index is 0.0516. The van der Waals surface area contributed by atoms with Crippen molar-refractivity contribution in [2.24, 2.45) is 5.41 Å². The molecule has 6 nitrogen and oxygen atoms in total. The Kier molecular flexibility index (Phi) is 5.57. The highest BCUT2D eigenvalue weighted by molar-refractivity contribution is 5.92. The molecule has 2 amide bonds. The van der Waals surface area contributed by atoms with Gasteiger partial charge in [0.25, 0.3) is 5.91 Å². The van der Waals surface area contributed by atoms with E-state index in [2.05, 4.69) is 26.1 Å². The van der Waals surface area contributed by atoms with Gasteiger partial charge < -0.3 is 14.8 Å². The third kappa shape index (κ3) is 4.54. The Labute approximate surface area is 189 Å². The summed E-state index contributed by atoms with van der Waals surface area (Å²) in [7, 11) is 0. The van der Waals surface area contributed by atoms with Crippen LogP contribution in [0.25, 0.3) is 11.0 Å². The van der Waals surface area contributed by atoms with E-state index >= 15 is 0 Å². The standard InChI is InChI=1S/C26H32N4O2/c1-25(2,3)17-26(4,5)28-24(32)22-23-27-19-13-9-10-14-20(19)29(23)16-21(31)30(22)15-18-11-7-6-8-12-18/h6-14,22H,15-17H2,1-5H3,(H,28,32). The molecule has 0 saturated carbocycles. The predicted molar refractivity (Wildman–Crippen MR) is 126 cm³/mol. The number of hydrogen-bond acceptors (Lipinski definition) is 3. The monoisotopic (exact) mass is 432 g/mol. The molecule has 2 aromatic carbocycles. The molecule has 0 aliphatic carbocycles. The van der Waals surface area contributed by atoms with Crippen molar-refractivity contribution in [2.75, 3.05) is 0 Å². The molecule has 0 saturated heterocycles. The van der Waals surface area contributed by atoms with Crippen molar-refractivity contribution in [1.82, 2.24) is 19.8 Å². The minimum atomic E-state index is -0.789. The Morgan fingerprint density at radius 1 is 1.03 bits per heavy atom. The van der Waals surface area contributed by atoms with Crippen LogP contribution in [-0.4, -0.2) is 31.8 Å². The van der Waals surface area contributed by atoms with E-state index in [0.29, 0.717) is 12.4 Å². The van der Waals surface area contributed by atoms with Crippen LogP contribution in [0.3, 0.4) is 0 Å². The van der Waals surface area contributed by atoms with Crippen molar-refractivity contribution >= 4 is 22.8 Å². The molecule has 4 rings (SSSR count). The van der Waals surface area contributed by atoms with E-state index in [4.69, 9.17) is 4.98 Å². The van der Waals surface area contributed by atoms with Crippen LogP contribution < -0.4 is 5.32 Å². The summed E-state index contributed by atoms with van der Waals surface area (Å²) in [5, 5.41) is 3.22. The predicted octanol–water partition coefficient (Wildman–Crippen LogP) is 4.45. The summed E-state index contributed by atoms with van der Waals surface area (Å²) in [6.07, 6.45) is 0.807. The number of nitrogens with one attached hydrogen (secondary N) is 1. The number of carbonyl (C=O) groups excluding carboxylic acids is 2. The second-order valence-electron chi connectivity index (χ2n) is 10.6. The molecule has 1 N–H and O–H groups in total. The number of imidazole rings is 1. The fourth-order valence-electron chi connectivity index (χ4n) is 4.97. The third-order valence-corrected chi connectivity index (χ3v) is 5.73. The molecule has 1 unspecified atom stereocenters. The van der Waals surface area contributed by atoms with E-state index in [1.807, 2.05) is 73.0 Å². The lowest BCUT2D eigenvalue weighted by Crippen LogP contribution is -2.54. The first-order valence-corrected chi connectivity index (χ1v) is 11.1. The summed E-state index contributed by atoms with van der Waals surface area (Å²) in [6, 6.07) is 16.7. The zero-order valence-electron chi connectivity index (χ0n) is 19.6. The summed E-state index contributed by atoms with van der Waals surface area (Å²) < 4.78 is 1.89. The summed E-state index contributed by atoms with van der Waals surface area (Å²) in [4.78, 5) is 33.5. The van der Waals surface area contributed by atoms with Gasteiger partial charge in [-0.25, -0.2) is 4.98 Å². The van der Waals surface area contributed by atoms with Crippen LogP contribution in [0.1, 0.15) is 58.5 Å². The molecule has 6 heteroatoms. The van der Waals surface area contributed by atoms with E-state index in [-0.39, 0.29) is 23.8 Å². The van der Waals surface area contributed by atoms with Gasteiger partial charge in [-0.05, 0) is 43.4 Å². The Balaban J connectivity index is 1.75. The number of carbonyl (C=O) groups is 2. The summed E-state index contributed by atoms with van der Waals surface area (Å²) in [6.45, 7) is 11.1. The van der Waals surface area contributed by atoms with Crippen LogP contribution in [0, 0.1) is 5.41 Å². The van der Waals surface area contributed by atoms with E-state index in [0.717, 1.165) is 23.0 Å². The molecular weight excluding hydrogens is 400 g/mol. The van der Waals surface area contributed by atoms with Crippen LogP contribution in [-0.2, 0) is 22.7 Å². The van der Waals surface area contributed by atoms with Gasteiger partial charge in [-0.1, -0.05) is 63.2 Å². The van der Waals surface area contributed by atoms with Crippen LogP contribution in [0.5, 0.6) is 0 Å². The van der Waals surface area contributed by atoms with Crippen molar-refractivity contribution < 1.29 is 9.59 Å². The highest BCUT2D eigenvalue weighted by Crippen LogP contribution is 2.33. The topological polar surface area (TPSA) is 67.2 Å². The van der Waals surface area contributed by atoms with Gasteiger partial charge in [0.1, 0.15) is 12.4 Å². The Hall–Kier alpha value is -3.15. The molecule has 32 heavy (non-hydrogen) atoms. The normalized spacial score (nSPS) is 16.8. The van der Waals surface area contributed by atoms with Crippen molar-refractivity contribution in [2.45, 2.75) is 65.7 Å². The fourth-order valence-corrected chi connectivity index (χ4v) is 4.97. The molecule has 0 bridgehead atoms. The molecule has 0 spiro atoms. The number of nitrogens with zero attached hydrogens (tertiary/aromatic N) is 3. The maximum Gasteiger partial charge on any atom is 0.251 e. The molecule has 168 valence electrons. The summed E-state index contributed by atoms with van der Waals surface area (Å²) in [5.74, 6) is 0.337. The Morgan fingerprint density at radius 3 is 2.38 bits per heavy atom. The largest absolute Gasteiger partial charge is 0.349 e. The molecule has 1 aliphatic heterocycles. The van der Waals surface area contributed by atoms with Gasteiger partial charge >= 0.3 is 0 Å². The average Bonchev–Trinajstić information content (AvgIpc) is 3.04. The van der Waals surface area contributed by atoms with Gasteiger partial charge in [-0.2, -0.15) is 0 Å². The molecule has 1 atom stereocenters. The third-order valence-electron chi connectivity index (χ3n) is 5.73. The van der Waals surface area contributed by atoms with E-state index in [9.17, 15) is 9.59 Å². The lowest BCUT2D eigenvalue weighted by Gasteiger charge is -2.39. The first kappa shape index (κ1) is 22.1. The van der Waals surface area contributed by atoms with Gasteiger partial charge in [0.2, 0.25) is 5.91 Å². The second kappa shape index (κ2) is 8.08. The van der Waals surface area contributed by atoms with Crippen LogP contribution in [0.2, 0.25) is 0 Å². The number of benzene rings is 2. The maximum atomic E-state index is 13.7. The molecule has 0 radical (unpaired) electrons. The average molecular weight is 433 g/mol. The van der Waals surface area contributed by atoms with Gasteiger partial charge in [-0.3, -0.25) is 9.59 Å². The SMILES string of the molecule is CC(C)(C)CC(C)(C)NC(=O)C1c2nc3ccccc3n2CC(=O)N1Cc1ccccc1. The number of para-hydroxylation sites is 2. The lowest BCUT2D eigenvalue weighted by molar-refractivity contribution is -0.145. The smallest absolute Gasteiger partial charge is 0.251 e. The molecule has 0 fully saturated rings. The maximum absolute atomic E-state index is 13.7. The number of hydrogen-bond donors (Lipinski definition) is 1. The second-order valence-corrected chi connectivity index (χ2v) is 10.6. The van der Waals surface area contributed by atoms with Crippen molar-refractivity contribution in [3.05, 3.63) is 66.0 Å². The Morgan fingerprint density at radius 2 is 1.69 bits per heavy atom. The first-order chi connectivity index (χ1) is 15.0. The Bertz CT molecular complexity index is 1140. The minimum Gasteiger partial charge on any atom is -0.349 e.